The summed E-state index contributed by atoms with van der Waals surface area (Å²) in [6.07, 6.45) is 0. The molecule has 2 heteroatoms. The van der Waals surface area contributed by atoms with Crippen molar-refractivity contribution < 1.29 is 0 Å². The van der Waals surface area contributed by atoms with Crippen molar-refractivity contribution in [1.29, 1.82) is 0 Å². The lowest BCUT2D eigenvalue weighted by Crippen LogP contribution is -2.16. The Morgan fingerprint density at radius 1 is 0.857 bits per heavy atom. The molecule has 0 fully saturated rings. The summed E-state index contributed by atoms with van der Waals surface area (Å²) < 4.78 is 0. The first-order chi connectivity index (χ1) is 10.3. The van der Waals surface area contributed by atoms with Crippen LogP contribution in [0.4, 0.5) is 5.69 Å². The van der Waals surface area contributed by atoms with Crippen molar-refractivity contribution in [1.82, 2.24) is 0 Å². The van der Waals surface area contributed by atoms with Gasteiger partial charge in [0.05, 0.1) is 4.99 Å². The van der Waals surface area contributed by atoms with Gasteiger partial charge in [-0.05, 0) is 28.5 Å². The lowest BCUT2D eigenvalue weighted by molar-refractivity contribution is 1.05. The van der Waals surface area contributed by atoms with E-state index in [1.165, 1.54) is 16.3 Å². The maximum Gasteiger partial charge on any atom is 0.0870 e. The fourth-order valence-electron chi connectivity index (χ4n) is 2.54. The fourth-order valence-corrected chi connectivity index (χ4v) is 2.79. The summed E-state index contributed by atoms with van der Waals surface area (Å²) >= 11 is 5.59. The van der Waals surface area contributed by atoms with E-state index < -0.39 is 0 Å². The number of anilines is 1. The third-order valence-corrected chi connectivity index (χ3v) is 4.18. The molecule has 0 radical (unpaired) electrons. The molecular weight excluding hydrogens is 274 g/mol. The monoisotopic (exact) mass is 291 g/mol. The summed E-state index contributed by atoms with van der Waals surface area (Å²) in [7, 11) is 0. The third kappa shape index (κ3) is 2.96. The van der Waals surface area contributed by atoms with Gasteiger partial charge in [0.2, 0.25) is 0 Å². The van der Waals surface area contributed by atoms with Gasteiger partial charge in [-0.15, -0.1) is 0 Å². The SMILES string of the molecule is CC(C(=S)Nc1ccccc1)c1cccc2ccccc12. The van der Waals surface area contributed by atoms with Crippen LogP contribution in [0.1, 0.15) is 18.4 Å². The molecule has 21 heavy (non-hydrogen) atoms. The fraction of sp³-hybridized carbons (Fsp3) is 0.105. The summed E-state index contributed by atoms with van der Waals surface area (Å²) in [5.41, 5.74) is 2.30. The molecule has 0 amide bonds. The minimum atomic E-state index is 0.173. The molecule has 3 rings (SSSR count). The third-order valence-electron chi connectivity index (χ3n) is 3.72. The highest BCUT2D eigenvalue weighted by molar-refractivity contribution is 7.80. The minimum Gasteiger partial charge on any atom is -0.350 e. The van der Waals surface area contributed by atoms with E-state index in [0.717, 1.165) is 10.7 Å². The Morgan fingerprint density at radius 3 is 2.33 bits per heavy atom. The van der Waals surface area contributed by atoms with Crippen molar-refractivity contribution in [3.05, 3.63) is 78.4 Å². The number of fused-ring (bicyclic) bond motifs is 1. The Kier molecular flexibility index (Phi) is 3.98. The van der Waals surface area contributed by atoms with Crippen molar-refractivity contribution >= 4 is 33.7 Å². The molecule has 0 bridgehead atoms. The molecule has 0 aliphatic heterocycles. The average Bonchev–Trinajstić information content (AvgIpc) is 2.54. The van der Waals surface area contributed by atoms with Gasteiger partial charge in [-0.3, -0.25) is 0 Å². The summed E-state index contributed by atoms with van der Waals surface area (Å²) in [5, 5.41) is 5.86. The van der Waals surface area contributed by atoms with E-state index in [1.807, 2.05) is 30.3 Å². The number of para-hydroxylation sites is 1. The Hall–Kier alpha value is -2.19. The van der Waals surface area contributed by atoms with Gasteiger partial charge in [0.25, 0.3) is 0 Å². The summed E-state index contributed by atoms with van der Waals surface area (Å²) in [5.74, 6) is 0.173. The van der Waals surface area contributed by atoms with Gasteiger partial charge < -0.3 is 5.32 Å². The molecule has 104 valence electrons. The molecule has 0 aliphatic rings. The Labute approximate surface area is 130 Å². The van der Waals surface area contributed by atoms with Crippen LogP contribution in [-0.2, 0) is 0 Å². The quantitative estimate of drug-likeness (QED) is 0.650. The highest BCUT2D eigenvalue weighted by atomic mass is 32.1. The number of rotatable bonds is 3. The normalized spacial score (nSPS) is 12.0. The zero-order valence-electron chi connectivity index (χ0n) is 11.9. The second-order valence-electron chi connectivity index (χ2n) is 5.15. The van der Waals surface area contributed by atoms with Crippen LogP contribution in [0.25, 0.3) is 10.8 Å². The molecule has 1 unspecified atom stereocenters. The molecule has 0 aromatic heterocycles. The topological polar surface area (TPSA) is 12.0 Å². The van der Waals surface area contributed by atoms with Crippen LogP contribution in [0.2, 0.25) is 0 Å². The van der Waals surface area contributed by atoms with E-state index in [1.54, 1.807) is 0 Å². The van der Waals surface area contributed by atoms with Crippen molar-refractivity contribution in [3.63, 3.8) is 0 Å². The molecule has 3 aromatic rings. The van der Waals surface area contributed by atoms with Crippen molar-refractivity contribution in [2.45, 2.75) is 12.8 Å². The van der Waals surface area contributed by atoms with Crippen LogP contribution in [-0.4, -0.2) is 4.99 Å². The molecule has 0 aliphatic carbocycles. The number of nitrogens with one attached hydrogen (secondary N) is 1. The first-order valence-electron chi connectivity index (χ1n) is 7.09. The predicted octanol–water partition coefficient (Wildman–Crippen LogP) is 5.38. The smallest absolute Gasteiger partial charge is 0.0870 e. The highest BCUT2D eigenvalue weighted by Crippen LogP contribution is 2.27. The van der Waals surface area contributed by atoms with E-state index in [0.29, 0.717) is 0 Å². The molecule has 0 saturated heterocycles. The maximum atomic E-state index is 5.59. The maximum absolute atomic E-state index is 5.59. The molecule has 1 nitrogen and oxygen atoms in total. The van der Waals surface area contributed by atoms with Crippen LogP contribution in [0.3, 0.4) is 0 Å². The number of hydrogen-bond donors (Lipinski definition) is 1. The first-order valence-corrected chi connectivity index (χ1v) is 7.50. The van der Waals surface area contributed by atoms with E-state index in [-0.39, 0.29) is 5.92 Å². The van der Waals surface area contributed by atoms with Crippen LogP contribution in [0.15, 0.2) is 72.8 Å². The summed E-state index contributed by atoms with van der Waals surface area (Å²) in [6, 6.07) is 24.9. The summed E-state index contributed by atoms with van der Waals surface area (Å²) in [4.78, 5) is 0.845. The molecule has 0 heterocycles. The van der Waals surface area contributed by atoms with Crippen LogP contribution < -0.4 is 5.32 Å². The van der Waals surface area contributed by atoms with Gasteiger partial charge in [0.15, 0.2) is 0 Å². The van der Waals surface area contributed by atoms with Crippen LogP contribution in [0, 0.1) is 0 Å². The lowest BCUT2D eigenvalue weighted by atomic mass is 9.94. The highest BCUT2D eigenvalue weighted by Gasteiger charge is 2.14. The Bertz CT molecular complexity index is 759. The summed E-state index contributed by atoms with van der Waals surface area (Å²) in [6.45, 7) is 2.15. The first kappa shape index (κ1) is 13.8. The molecular formula is C19H17NS. The van der Waals surface area contributed by atoms with Gasteiger partial charge in [-0.2, -0.15) is 0 Å². The van der Waals surface area contributed by atoms with Gasteiger partial charge in [0, 0.05) is 11.6 Å². The van der Waals surface area contributed by atoms with Gasteiger partial charge >= 0.3 is 0 Å². The van der Waals surface area contributed by atoms with E-state index in [4.69, 9.17) is 12.2 Å². The van der Waals surface area contributed by atoms with Crippen molar-refractivity contribution in [2.75, 3.05) is 5.32 Å². The Balaban J connectivity index is 1.90. The number of thiocarbonyl (C=S) groups is 1. The standard InChI is InChI=1S/C19H17NS/c1-14(19(21)20-16-10-3-2-4-11-16)17-13-7-9-15-8-5-6-12-18(15)17/h2-14H,1H3,(H,20,21). The Morgan fingerprint density at radius 2 is 1.52 bits per heavy atom. The van der Waals surface area contributed by atoms with E-state index in [2.05, 4.69) is 54.7 Å². The van der Waals surface area contributed by atoms with Crippen LogP contribution in [0.5, 0.6) is 0 Å². The molecule has 0 spiro atoms. The second kappa shape index (κ2) is 6.06. The molecule has 0 saturated carbocycles. The number of hydrogen-bond acceptors (Lipinski definition) is 1. The zero-order valence-corrected chi connectivity index (χ0v) is 12.7. The number of benzene rings is 3. The molecule has 1 atom stereocenters. The lowest BCUT2D eigenvalue weighted by Gasteiger charge is -2.17. The average molecular weight is 291 g/mol. The van der Waals surface area contributed by atoms with E-state index >= 15 is 0 Å². The second-order valence-corrected chi connectivity index (χ2v) is 5.59. The van der Waals surface area contributed by atoms with Gasteiger partial charge in [-0.25, -0.2) is 0 Å². The molecule has 3 aromatic carbocycles. The predicted molar refractivity (Wildman–Crippen MR) is 95.0 cm³/mol. The van der Waals surface area contributed by atoms with Crippen molar-refractivity contribution in [3.8, 4) is 0 Å². The van der Waals surface area contributed by atoms with Gasteiger partial charge in [0.1, 0.15) is 0 Å². The largest absolute Gasteiger partial charge is 0.350 e. The minimum absolute atomic E-state index is 0.173. The van der Waals surface area contributed by atoms with Gasteiger partial charge in [-0.1, -0.05) is 79.8 Å². The van der Waals surface area contributed by atoms with Crippen molar-refractivity contribution in [2.24, 2.45) is 0 Å². The zero-order chi connectivity index (χ0) is 14.7. The van der Waals surface area contributed by atoms with Crippen LogP contribution >= 0.6 is 12.2 Å². The molecule has 1 N–H and O–H groups in total. The van der Waals surface area contributed by atoms with E-state index in [9.17, 15) is 0 Å².